The molecule has 2 nitrogen and oxygen atoms in total. The molecule has 0 aromatic heterocycles. The predicted octanol–water partition coefficient (Wildman–Crippen LogP) is 3.74. The maximum atomic E-state index is 11.7. The number of amides is 1. The van der Waals surface area contributed by atoms with E-state index in [9.17, 15) is 4.79 Å². The van der Waals surface area contributed by atoms with E-state index >= 15 is 0 Å². The third kappa shape index (κ3) is 3.34. The molecule has 0 spiro atoms. The van der Waals surface area contributed by atoms with Gasteiger partial charge in [-0.15, -0.1) is 0 Å². The number of carbonyl (C=O) groups excluding carboxylic acids is 1. The molecule has 0 atom stereocenters. The van der Waals surface area contributed by atoms with Gasteiger partial charge in [-0.3, -0.25) is 4.79 Å². The lowest BCUT2D eigenvalue weighted by Gasteiger charge is -2.17. The van der Waals surface area contributed by atoms with Gasteiger partial charge in [-0.1, -0.05) is 42.8 Å². The van der Waals surface area contributed by atoms with Gasteiger partial charge < -0.3 is 5.32 Å². The predicted molar refractivity (Wildman–Crippen MR) is 67.0 cm³/mol. The molecule has 0 aliphatic carbocycles. The van der Waals surface area contributed by atoms with Crippen LogP contribution in [0, 0.1) is 12.3 Å². The third-order valence-corrected chi connectivity index (χ3v) is 2.97. The van der Waals surface area contributed by atoms with Crippen LogP contribution in [0.25, 0.3) is 0 Å². The number of anilines is 1. The first kappa shape index (κ1) is 12.2. The Morgan fingerprint density at radius 2 is 1.93 bits per heavy atom. The Kier molecular flexibility index (Phi) is 3.55. The average Bonchev–Trinajstić information content (AvgIpc) is 2.10. The summed E-state index contributed by atoms with van der Waals surface area (Å²) in [6.07, 6.45) is 0. The first-order valence-electron chi connectivity index (χ1n) is 4.88. The van der Waals surface area contributed by atoms with Crippen molar-refractivity contribution in [1.29, 1.82) is 0 Å². The highest BCUT2D eigenvalue weighted by molar-refractivity contribution is 9.10. The Morgan fingerprint density at radius 3 is 2.40 bits per heavy atom. The van der Waals surface area contributed by atoms with Crippen LogP contribution in [-0.2, 0) is 4.79 Å². The van der Waals surface area contributed by atoms with Crippen LogP contribution in [0.5, 0.6) is 0 Å². The second-order valence-corrected chi connectivity index (χ2v) is 5.52. The molecule has 0 saturated heterocycles. The number of halogens is 1. The van der Waals surface area contributed by atoms with Gasteiger partial charge >= 0.3 is 0 Å². The fraction of sp³-hybridized carbons (Fsp3) is 0.417. The van der Waals surface area contributed by atoms with Gasteiger partial charge in [-0.05, 0) is 24.6 Å². The molecule has 0 unspecified atom stereocenters. The maximum Gasteiger partial charge on any atom is 0.229 e. The summed E-state index contributed by atoms with van der Waals surface area (Å²) >= 11 is 3.44. The summed E-state index contributed by atoms with van der Waals surface area (Å²) < 4.78 is 1.01. The molecule has 0 aliphatic heterocycles. The van der Waals surface area contributed by atoms with E-state index in [1.807, 2.05) is 45.9 Å². The molecular weight excluding hydrogens is 254 g/mol. The van der Waals surface area contributed by atoms with E-state index in [0.717, 1.165) is 15.7 Å². The molecular formula is C12H16BrNO. The lowest BCUT2D eigenvalue weighted by atomic mass is 9.95. The topological polar surface area (TPSA) is 29.1 Å². The van der Waals surface area contributed by atoms with Crippen molar-refractivity contribution in [3.05, 3.63) is 28.2 Å². The summed E-state index contributed by atoms with van der Waals surface area (Å²) in [5.74, 6) is 0.0262. The van der Waals surface area contributed by atoms with Crippen LogP contribution in [0.1, 0.15) is 26.3 Å². The molecule has 82 valence electrons. The third-order valence-electron chi connectivity index (χ3n) is 2.11. The minimum atomic E-state index is -0.364. The highest BCUT2D eigenvalue weighted by Crippen LogP contribution is 2.22. The summed E-state index contributed by atoms with van der Waals surface area (Å²) in [4.78, 5) is 11.7. The highest BCUT2D eigenvalue weighted by atomic mass is 79.9. The molecule has 1 aromatic carbocycles. The van der Waals surface area contributed by atoms with Crippen molar-refractivity contribution in [2.24, 2.45) is 5.41 Å². The average molecular weight is 270 g/mol. The number of hydrogen-bond donors (Lipinski definition) is 1. The molecule has 0 aliphatic rings. The first-order valence-corrected chi connectivity index (χ1v) is 5.67. The quantitative estimate of drug-likeness (QED) is 0.827. The molecule has 1 rings (SSSR count). The normalized spacial score (nSPS) is 11.3. The summed E-state index contributed by atoms with van der Waals surface area (Å²) in [6.45, 7) is 7.70. The van der Waals surface area contributed by atoms with E-state index in [2.05, 4.69) is 21.2 Å². The van der Waals surface area contributed by atoms with E-state index in [0.29, 0.717) is 0 Å². The zero-order valence-electron chi connectivity index (χ0n) is 9.52. The van der Waals surface area contributed by atoms with Crippen LogP contribution < -0.4 is 5.32 Å². The molecule has 0 radical (unpaired) electrons. The first-order chi connectivity index (χ1) is 6.80. The molecule has 1 aromatic rings. The number of benzene rings is 1. The van der Waals surface area contributed by atoms with Crippen molar-refractivity contribution < 1.29 is 4.79 Å². The molecule has 0 fully saturated rings. The Hall–Kier alpha value is -0.830. The van der Waals surface area contributed by atoms with Crippen molar-refractivity contribution >= 4 is 27.5 Å². The van der Waals surface area contributed by atoms with Gasteiger partial charge in [0, 0.05) is 15.6 Å². The monoisotopic (exact) mass is 269 g/mol. The van der Waals surface area contributed by atoms with E-state index in [-0.39, 0.29) is 11.3 Å². The van der Waals surface area contributed by atoms with Gasteiger partial charge in [0.25, 0.3) is 0 Å². The van der Waals surface area contributed by atoms with Crippen LogP contribution in [0.15, 0.2) is 22.7 Å². The van der Waals surface area contributed by atoms with Crippen LogP contribution in [-0.4, -0.2) is 5.91 Å². The maximum absolute atomic E-state index is 11.7. The van der Waals surface area contributed by atoms with Gasteiger partial charge in [0.2, 0.25) is 5.91 Å². The van der Waals surface area contributed by atoms with Crippen LogP contribution in [0.3, 0.4) is 0 Å². The molecule has 1 amide bonds. The number of hydrogen-bond acceptors (Lipinski definition) is 1. The van der Waals surface area contributed by atoms with Gasteiger partial charge in [0.05, 0.1) is 0 Å². The number of nitrogens with one attached hydrogen (secondary N) is 1. The summed E-state index contributed by atoms with van der Waals surface area (Å²) in [5.41, 5.74) is 1.62. The smallest absolute Gasteiger partial charge is 0.229 e. The zero-order valence-corrected chi connectivity index (χ0v) is 11.1. The van der Waals surface area contributed by atoms with Gasteiger partial charge in [0.15, 0.2) is 0 Å². The van der Waals surface area contributed by atoms with Crippen LogP contribution in [0.4, 0.5) is 5.69 Å². The second kappa shape index (κ2) is 4.35. The molecule has 0 bridgehead atoms. The molecule has 0 heterocycles. The Morgan fingerprint density at radius 1 is 1.33 bits per heavy atom. The van der Waals surface area contributed by atoms with E-state index in [1.54, 1.807) is 0 Å². The largest absolute Gasteiger partial charge is 0.326 e. The van der Waals surface area contributed by atoms with E-state index in [1.165, 1.54) is 0 Å². The fourth-order valence-corrected chi connectivity index (χ4v) is 1.37. The lowest BCUT2D eigenvalue weighted by Crippen LogP contribution is -2.27. The summed E-state index contributed by atoms with van der Waals surface area (Å²) in [7, 11) is 0. The lowest BCUT2D eigenvalue weighted by molar-refractivity contribution is -0.123. The minimum Gasteiger partial charge on any atom is -0.326 e. The van der Waals surface area contributed by atoms with Gasteiger partial charge in [-0.2, -0.15) is 0 Å². The second-order valence-electron chi connectivity index (χ2n) is 4.67. The summed E-state index contributed by atoms with van der Waals surface area (Å²) in [5, 5.41) is 2.88. The molecule has 3 heteroatoms. The van der Waals surface area contributed by atoms with Gasteiger partial charge in [0.1, 0.15) is 0 Å². The number of rotatable bonds is 1. The van der Waals surface area contributed by atoms with Crippen molar-refractivity contribution in [3.8, 4) is 0 Å². The minimum absolute atomic E-state index is 0.0262. The molecule has 15 heavy (non-hydrogen) atoms. The number of aryl methyl sites for hydroxylation is 1. The highest BCUT2D eigenvalue weighted by Gasteiger charge is 2.21. The zero-order chi connectivity index (χ0) is 11.6. The van der Waals surface area contributed by atoms with Gasteiger partial charge in [-0.25, -0.2) is 0 Å². The van der Waals surface area contributed by atoms with E-state index in [4.69, 9.17) is 0 Å². The van der Waals surface area contributed by atoms with Crippen molar-refractivity contribution in [2.45, 2.75) is 27.7 Å². The fourth-order valence-electron chi connectivity index (χ4n) is 0.989. The Bertz CT molecular complexity index is 380. The van der Waals surface area contributed by atoms with Crippen LogP contribution >= 0.6 is 15.9 Å². The molecule has 1 N–H and O–H groups in total. The summed E-state index contributed by atoms with van der Waals surface area (Å²) in [6, 6.07) is 5.80. The number of carbonyl (C=O) groups is 1. The molecule has 0 saturated carbocycles. The van der Waals surface area contributed by atoms with Crippen molar-refractivity contribution in [1.82, 2.24) is 0 Å². The standard InChI is InChI=1S/C12H16BrNO/c1-8-5-6-9(7-10(8)13)14-11(15)12(2,3)4/h5-7H,1-4H3,(H,14,15). The Balaban J connectivity index is 2.83. The van der Waals surface area contributed by atoms with Crippen molar-refractivity contribution in [3.63, 3.8) is 0 Å². The Labute approximate surface area is 99.2 Å². The van der Waals surface area contributed by atoms with Crippen LogP contribution in [0.2, 0.25) is 0 Å². The van der Waals surface area contributed by atoms with E-state index < -0.39 is 0 Å². The van der Waals surface area contributed by atoms with Crippen molar-refractivity contribution in [2.75, 3.05) is 5.32 Å². The SMILES string of the molecule is Cc1ccc(NC(=O)C(C)(C)C)cc1Br.